The monoisotopic (exact) mass is 428 g/mol. The van der Waals surface area contributed by atoms with Crippen molar-refractivity contribution in [2.75, 3.05) is 23.5 Å². The van der Waals surface area contributed by atoms with Crippen molar-refractivity contribution in [1.82, 2.24) is 15.0 Å². The Kier molecular flexibility index (Phi) is 5.97. The number of aromatic nitrogens is 3. The number of nitrogens with zero attached hydrogens (tertiary/aromatic N) is 3. The fourth-order valence-electron chi connectivity index (χ4n) is 4.72. The zero-order valence-electron chi connectivity index (χ0n) is 16.5. The van der Waals surface area contributed by atoms with Gasteiger partial charge in [-0.2, -0.15) is 13.2 Å². The normalized spacial score (nSPS) is 28.9. The molecule has 2 fully saturated rings. The van der Waals surface area contributed by atoms with Crippen LogP contribution in [0.5, 0.6) is 0 Å². The highest BCUT2D eigenvalue weighted by molar-refractivity contribution is 7.91. The average molecular weight is 429 g/mol. The number of nitrogens with one attached hydrogen (secondary N) is 1. The van der Waals surface area contributed by atoms with E-state index in [9.17, 15) is 17.7 Å². The van der Waals surface area contributed by atoms with Gasteiger partial charge in [0.15, 0.2) is 0 Å². The number of halogens is 3. The molecular weight excluding hydrogens is 401 g/mol. The van der Waals surface area contributed by atoms with Crippen molar-refractivity contribution in [3.05, 3.63) is 18.6 Å². The van der Waals surface area contributed by atoms with Gasteiger partial charge in [0, 0.05) is 31.1 Å². The zero-order chi connectivity index (χ0) is 20.6. The molecule has 2 heterocycles. The molecule has 2 aliphatic carbocycles. The van der Waals surface area contributed by atoms with Crippen molar-refractivity contribution in [2.45, 2.75) is 50.7 Å². The molecular formula is C20H27F3N4OS. The van der Waals surface area contributed by atoms with Crippen LogP contribution in [-0.2, 0) is 11.2 Å². The number of rotatable bonds is 6. The van der Waals surface area contributed by atoms with Gasteiger partial charge in [-0.25, -0.2) is 9.97 Å². The van der Waals surface area contributed by atoms with Crippen LogP contribution >= 0.6 is 0 Å². The molecule has 9 heteroatoms. The van der Waals surface area contributed by atoms with E-state index in [1.807, 2.05) is 19.3 Å². The average Bonchev–Trinajstić information content (AvgIpc) is 3.12. The Morgan fingerprint density at radius 2 is 1.83 bits per heavy atom. The van der Waals surface area contributed by atoms with Gasteiger partial charge < -0.3 is 14.4 Å². The van der Waals surface area contributed by atoms with E-state index in [1.54, 1.807) is 6.33 Å². The Morgan fingerprint density at radius 3 is 2.52 bits per heavy atom. The molecule has 2 aromatic rings. The molecule has 29 heavy (non-hydrogen) atoms. The molecule has 2 aromatic heterocycles. The summed E-state index contributed by atoms with van der Waals surface area (Å²) in [6.45, 7) is 0. The molecule has 160 valence electrons. The molecule has 1 N–H and O–H groups in total. The molecule has 1 unspecified atom stereocenters. The number of anilines is 1. The van der Waals surface area contributed by atoms with Crippen LogP contribution in [0.15, 0.2) is 18.6 Å². The number of fused-ring (bicyclic) bond motifs is 1. The maximum Gasteiger partial charge on any atom is 0.391 e. The number of H-pyrrole nitrogens is 1. The molecule has 0 aromatic carbocycles. The van der Waals surface area contributed by atoms with Crippen molar-refractivity contribution < 1.29 is 17.7 Å². The third-order valence-electron chi connectivity index (χ3n) is 6.58. The molecule has 0 bridgehead atoms. The molecule has 4 rings (SSSR count). The molecule has 0 spiro atoms. The van der Waals surface area contributed by atoms with Gasteiger partial charge in [-0.1, -0.05) is 11.2 Å². The minimum Gasteiger partial charge on any atom is -0.616 e. The molecule has 2 saturated carbocycles. The van der Waals surface area contributed by atoms with Crippen LogP contribution < -0.4 is 4.90 Å². The third kappa shape index (κ3) is 4.66. The zero-order valence-corrected chi connectivity index (χ0v) is 17.3. The summed E-state index contributed by atoms with van der Waals surface area (Å²) in [6, 6.07) is 2.34. The number of aromatic amines is 1. The van der Waals surface area contributed by atoms with Crippen LogP contribution in [0.2, 0.25) is 0 Å². The first kappa shape index (κ1) is 20.8. The number of alkyl halides is 3. The van der Waals surface area contributed by atoms with E-state index in [-0.39, 0.29) is 18.8 Å². The number of hydrogen-bond donors (Lipinski definition) is 1. The van der Waals surface area contributed by atoms with E-state index < -0.39 is 23.3 Å². The summed E-state index contributed by atoms with van der Waals surface area (Å²) in [6.07, 6.45) is 2.75. The maximum atomic E-state index is 12.8. The van der Waals surface area contributed by atoms with Crippen LogP contribution in [-0.4, -0.2) is 50.3 Å². The summed E-state index contributed by atoms with van der Waals surface area (Å²) in [4.78, 5) is 13.9. The Morgan fingerprint density at radius 1 is 1.14 bits per heavy atom. The predicted octanol–water partition coefficient (Wildman–Crippen LogP) is 4.29. The first-order valence-electron chi connectivity index (χ1n) is 10.2. The maximum absolute atomic E-state index is 12.8. The molecule has 0 amide bonds. The SMILES string of the molecule is CN(c1ncnc2[nH]ccc12)[C@H]1C[C@@H](C[S+]([O-])CC2CCC(C(F)(F)F)CC2)C1. The molecule has 1 atom stereocenters. The summed E-state index contributed by atoms with van der Waals surface area (Å²) >= 11 is -0.948. The van der Waals surface area contributed by atoms with Crippen LogP contribution in [0.4, 0.5) is 19.0 Å². The topological polar surface area (TPSA) is 67.9 Å². The highest BCUT2D eigenvalue weighted by Crippen LogP contribution is 2.40. The predicted molar refractivity (Wildman–Crippen MR) is 108 cm³/mol. The van der Waals surface area contributed by atoms with Crippen molar-refractivity contribution in [3.63, 3.8) is 0 Å². The van der Waals surface area contributed by atoms with Crippen LogP contribution in [0.3, 0.4) is 0 Å². The lowest BCUT2D eigenvalue weighted by atomic mass is 9.81. The van der Waals surface area contributed by atoms with Crippen molar-refractivity contribution in [2.24, 2.45) is 17.8 Å². The second kappa shape index (κ2) is 8.34. The van der Waals surface area contributed by atoms with Gasteiger partial charge in [0.2, 0.25) is 0 Å². The van der Waals surface area contributed by atoms with E-state index in [1.165, 1.54) is 0 Å². The van der Waals surface area contributed by atoms with Gasteiger partial charge in [-0.05, 0) is 44.6 Å². The van der Waals surface area contributed by atoms with Crippen LogP contribution in [0.1, 0.15) is 38.5 Å². The van der Waals surface area contributed by atoms with E-state index in [4.69, 9.17) is 0 Å². The minimum absolute atomic E-state index is 0.177. The van der Waals surface area contributed by atoms with E-state index in [2.05, 4.69) is 19.9 Å². The lowest BCUT2D eigenvalue weighted by Gasteiger charge is -2.41. The summed E-state index contributed by atoms with van der Waals surface area (Å²) in [5.41, 5.74) is 0.819. The van der Waals surface area contributed by atoms with Gasteiger partial charge in [0.05, 0.1) is 11.3 Å². The van der Waals surface area contributed by atoms with Gasteiger partial charge in [0.25, 0.3) is 0 Å². The summed E-state index contributed by atoms with van der Waals surface area (Å²) in [7, 11) is 2.03. The largest absolute Gasteiger partial charge is 0.616 e. The molecule has 0 radical (unpaired) electrons. The van der Waals surface area contributed by atoms with E-state index in [0.717, 1.165) is 29.7 Å². The lowest BCUT2D eigenvalue weighted by molar-refractivity contribution is -0.183. The van der Waals surface area contributed by atoms with Crippen molar-refractivity contribution >= 4 is 28.0 Å². The summed E-state index contributed by atoms with van der Waals surface area (Å²) in [5, 5.41) is 0.997. The Balaban J connectivity index is 1.21. The molecule has 0 saturated heterocycles. The lowest BCUT2D eigenvalue weighted by Crippen LogP contribution is -2.45. The Labute approximate surface area is 171 Å². The Bertz CT molecular complexity index is 815. The van der Waals surface area contributed by atoms with Crippen LogP contribution in [0.25, 0.3) is 11.0 Å². The third-order valence-corrected chi connectivity index (χ3v) is 8.26. The fraction of sp³-hybridized carbons (Fsp3) is 0.700. The van der Waals surface area contributed by atoms with Gasteiger partial charge in [-0.3, -0.25) is 0 Å². The standard InChI is InChI=1S/C20H27F3N4OS/c1-27(19-17-6-7-24-18(17)25-12-26-19)16-8-14(9-16)11-29(28)10-13-2-4-15(5-3-13)20(21,22)23/h6-7,12-16H,2-5,8-11H2,1H3,(H,24,25,26)/t13?,14-,15?,16+,29?. The highest BCUT2D eigenvalue weighted by Gasteiger charge is 2.42. The quantitative estimate of drug-likeness (QED) is 0.697. The first-order chi connectivity index (χ1) is 13.8. The highest BCUT2D eigenvalue weighted by atomic mass is 32.2. The summed E-state index contributed by atoms with van der Waals surface area (Å²) in [5.74, 6) is 1.55. The van der Waals surface area contributed by atoms with Crippen LogP contribution in [0, 0.1) is 17.8 Å². The second-order valence-electron chi connectivity index (χ2n) is 8.57. The van der Waals surface area contributed by atoms with Gasteiger partial charge in [-0.15, -0.1) is 0 Å². The number of hydrogen-bond acceptors (Lipinski definition) is 4. The van der Waals surface area contributed by atoms with Crippen molar-refractivity contribution in [1.29, 1.82) is 0 Å². The van der Waals surface area contributed by atoms with E-state index in [0.29, 0.717) is 36.3 Å². The second-order valence-corrected chi connectivity index (χ2v) is 10.1. The van der Waals surface area contributed by atoms with Gasteiger partial charge >= 0.3 is 6.18 Å². The molecule has 2 aliphatic rings. The smallest absolute Gasteiger partial charge is 0.391 e. The first-order valence-corrected chi connectivity index (χ1v) is 11.7. The molecule has 0 aliphatic heterocycles. The fourth-order valence-corrected chi connectivity index (χ4v) is 6.51. The molecule has 5 nitrogen and oxygen atoms in total. The Hall–Kier alpha value is -1.48. The van der Waals surface area contributed by atoms with Gasteiger partial charge in [0.1, 0.15) is 29.3 Å². The summed E-state index contributed by atoms with van der Waals surface area (Å²) < 4.78 is 50.9. The van der Waals surface area contributed by atoms with E-state index >= 15 is 0 Å². The minimum atomic E-state index is -4.08. The van der Waals surface area contributed by atoms with Crippen molar-refractivity contribution in [3.8, 4) is 0 Å².